The van der Waals surface area contributed by atoms with Crippen LogP contribution < -0.4 is 15.8 Å². The molecule has 0 aliphatic heterocycles. The molecule has 1 amide bonds. The second kappa shape index (κ2) is 9.02. The summed E-state index contributed by atoms with van der Waals surface area (Å²) in [5.41, 5.74) is 5.17. The van der Waals surface area contributed by atoms with Crippen molar-refractivity contribution < 1.29 is 24.0 Å². The zero-order valence-electron chi connectivity index (χ0n) is 13.7. The van der Waals surface area contributed by atoms with Gasteiger partial charge in [0, 0.05) is 17.8 Å². The van der Waals surface area contributed by atoms with Gasteiger partial charge in [0.15, 0.2) is 6.61 Å². The van der Waals surface area contributed by atoms with Gasteiger partial charge in [-0.2, -0.15) is 0 Å². The van der Waals surface area contributed by atoms with E-state index in [0.717, 1.165) is 6.07 Å². The lowest BCUT2D eigenvalue weighted by molar-refractivity contribution is -0.384. The highest BCUT2D eigenvalue weighted by Crippen LogP contribution is 2.20. The van der Waals surface area contributed by atoms with Crippen molar-refractivity contribution in [2.24, 2.45) is 0 Å². The largest absolute Gasteiger partial charge is 0.492 e. The van der Waals surface area contributed by atoms with Crippen molar-refractivity contribution in [2.45, 2.75) is 0 Å². The molecule has 2 rings (SSSR count). The van der Waals surface area contributed by atoms with Gasteiger partial charge in [-0.25, -0.2) is 4.79 Å². The molecule has 0 radical (unpaired) electrons. The standard InChI is InChI=1S/C17H17N3O6/c18-15-7-6-12(20(23)24)10-14(15)17(22)26-11-16(21)19-8-9-25-13-4-2-1-3-5-13/h1-7,10H,8-9,11,18H2,(H,19,21). The maximum absolute atomic E-state index is 11.9. The smallest absolute Gasteiger partial charge is 0.341 e. The highest BCUT2D eigenvalue weighted by molar-refractivity contribution is 5.96. The zero-order valence-corrected chi connectivity index (χ0v) is 13.7. The monoisotopic (exact) mass is 359 g/mol. The van der Waals surface area contributed by atoms with Crippen LogP contribution in [0.1, 0.15) is 10.4 Å². The van der Waals surface area contributed by atoms with Crippen molar-refractivity contribution in [3.05, 3.63) is 64.2 Å². The predicted octanol–water partition coefficient (Wildman–Crippen LogP) is 1.53. The van der Waals surface area contributed by atoms with Gasteiger partial charge in [-0.3, -0.25) is 14.9 Å². The third-order valence-electron chi connectivity index (χ3n) is 3.24. The number of nitrogens with one attached hydrogen (secondary N) is 1. The highest BCUT2D eigenvalue weighted by Gasteiger charge is 2.17. The molecule has 0 bridgehead atoms. The molecule has 26 heavy (non-hydrogen) atoms. The van der Waals surface area contributed by atoms with E-state index in [0.29, 0.717) is 5.75 Å². The Kier molecular flexibility index (Phi) is 6.49. The number of nitrogens with two attached hydrogens (primary N) is 1. The number of para-hydroxylation sites is 1. The molecule has 0 fully saturated rings. The number of carbonyl (C=O) groups is 2. The van der Waals surface area contributed by atoms with E-state index < -0.39 is 23.4 Å². The van der Waals surface area contributed by atoms with Gasteiger partial charge in [0.1, 0.15) is 12.4 Å². The van der Waals surface area contributed by atoms with Crippen LogP contribution in [0.5, 0.6) is 5.75 Å². The first-order chi connectivity index (χ1) is 12.5. The summed E-state index contributed by atoms with van der Waals surface area (Å²) in [4.78, 5) is 33.7. The Morgan fingerprint density at radius 1 is 1.15 bits per heavy atom. The number of rotatable bonds is 8. The number of nitro benzene ring substituents is 1. The summed E-state index contributed by atoms with van der Waals surface area (Å²) in [5.74, 6) is -0.768. The Bertz CT molecular complexity index is 794. The van der Waals surface area contributed by atoms with Crippen LogP contribution in [0.3, 0.4) is 0 Å². The van der Waals surface area contributed by atoms with Crippen molar-refractivity contribution >= 4 is 23.3 Å². The Morgan fingerprint density at radius 3 is 2.58 bits per heavy atom. The predicted molar refractivity (Wildman–Crippen MR) is 92.7 cm³/mol. The van der Waals surface area contributed by atoms with E-state index in [2.05, 4.69) is 5.32 Å². The molecule has 2 aromatic carbocycles. The quantitative estimate of drug-likeness (QED) is 0.240. The zero-order chi connectivity index (χ0) is 18.9. The van der Waals surface area contributed by atoms with Crippen molar-refractivity contribution in [3.8, 4) is 5.75 Å². The number of non-ortho nitro benzene ring substituents is 1. The topological polar surface area (TPSA) is 134 Å². The average Bonchev–Trinajstić information content (AvgIpc) is 2.64. The number of nitrogen functional groups attached to an aromatic ring is 1. The maximum Gasteiger partial charge on any atom is 0.341 e. The molecule has 0 atom stereocenters. The van der Waals surface area contributed by atoms with E-state index in [9.17, 15) is 19.7 Å². The summed E-state index contributed by atoms with van der Waals surface area (Å²) < 4.78 is 10.2. The first kappa shape index (κ1) is 18.7. The Labute approximate surface area is 148 Å². The lowest BCUT2D eigenvalue weighted by Crippen LogP contribution is -2.32. The maximum atomic E-state index is 11.9. The van der Waals surface area contributed by atoms with E-state index in [1.807, 2.05) is 18.2 Å². The second-order valence-electron chi connectivity index (χ2n) is 5.12. The molecule has 0 aromatic heterocycles. The van der Waals surface area contributed by atoms with Crippen LogP contribution in [0, 0.1) is 10.1 Å². The highest BCUT2D eigenvalue weighted by atomic mass is 16.6. The number of amides is 1. The lowest BCUT2D eigenvalue weighted by atomic mass is 10.1. The van der Waals surface area contributed by atoms with Crippen LogP contribution in [0.4, 0.5) is 11.4 Å². The van der Waals surface area contributed by atoms with Crippen LogP contribution in [0.25, 0.3) is 0 Å². The molecule has 0 heterocycles. The minimum absolute atomic E-state index is 0.0252. The van der Waals surface area contributed by atoms with Crippen molar-refractivity contribution in [1.82, 2.24) is 5.32 Å². The van der Waals surface area contributed by atoms with Crippen LogP contribution in [0.15, 0.2) is 48.5 Å². The van der Waals surface area contributed by atoms with Crippen LogP contribution in [-0.2, 0) is 9.53 Å². The number of carbonyl (C=O) groups excluding carboxylic acids is 2. The number of nitro groups is 1. The molecule has 136 valence electrons. The van der Waals surface area contributed by atoms with E-state index in [4.69, 9.17) is 15.2 Å². The molecule has 0 spiro atoms. The van der Waals surface area contributed by atoms with Gasteiger partial charge in [0.05, 0.1) is 17.0 Å². The molecular formula is C17H17N3O6. The van der Waals surface area contributed by atoms with E-state index >= 15 is 0 Å². The van der Waals surface area contributed by atoms with Gasteiger partial charge in [0.25, 0.3) is 11.6 Å². The van der Waals surface area contributed by atoms with Crippen molar-refractivity contribution in [1.29, 1.82) is 0 Å². The molecule has 0 saturated heterocycles. The summed E-state index contributed by atoms with van der Waals surface area (Å²) in [6, 6.07) is 12.5. The third kappa shape index (κ3) is 5.48. The Balaban J connectivity index is 1.75. The molecule has 9 nitrogen and oxygen atoms in total. The molecule has 2 aromatic rings. The van der Waals surface area contributed by atoms with E-state index in [1.165, 1.54) is 12.1 Å². The summed E-state index contributed by atoms with van der Waals surface area (Å²) in [6.45, 7) is -0.0575. The van der Waals surface area contributed by atoms with Gasteiger partial charge in [-0.1, -0.05) is 18.2 Å². The molecule has 0 aliphatic rings. The number of hydrogen-bond acceptors (Lipinski definition) is 7. The summed E-state index contributed by atoms with van der Waals surface area (Å²) >= 11 is 0. The summed E-state index contributed by atoms with van der Waals surface area (Å²) in [7, 11) is 0. The van der Waals surface area contributed by atoms with Gasteiger partial charge >= 0.3 is 5.97 Å². The van der Waals surface area contributed by atoms with Crippen LogP contribution in [0.2, 0.25) is 0 Å². The molecule has 9 heteroatoms. The number of anilines is 1. The number of nitrogens with zero attached hydrogens (tertiary/aromatic N) is 1. The number of benzene rings is 2. The van der Waals surface area contributed by atoms with Crippen LogP contribution >= 0.6 is 0 Å². The molecule has 3 N–H and O–H groups in total. The van der Waals surface area contributed by atoms with Gasteiger partial charge in [0.2, 0.25) is 0 Å². The number of ether oxygens (including phenoxy) is 2. The number of hydrogen-bond donors (Lipinski definition) is 2. The Hall–Kier alpha value is -3.62. The van der Waals surface area contributed by atoms with E-state index in [1.54, 1.807) is 12.1 Å². The lowest BCUT2D eigenvalue weighted by Gasteiger charge is -2.09. The third-order valence-corrected chi connectivity index (χ3v) is 3.24. The van der Waals surface area contributed by atoms with Gasteiger partial charge < -0.3 is 20.5 Å². The van der Waals surface area contributed by atoms with E-state index in [-0.39, 0.29) is 30.1 Å². The first-order valence-electron chi connectivity index (χ1n) is 7.63. The SMILES string of the molecule is Nc1ccc([N+](=O)[O-])cc1C(=O)OCC(=O)NCCOc1ccccc1. The summed E-state index contributed by atoms with van der Waals surface area (Å²) in [5, 5.41) is 13.3. The molecular weight excluding hydrogens is 342 g/mol. The molecule has 0 unspecified atom stereocenters. The normalized spacial score (nSPS) is 10.0. The molecule has 0 saturated carbocycles. The number of esters is 1. The minimum atomic E-state index is -0.915. The second-order valence-corrected chi connectivity index (χ2v) is 5.12. The van der Waals surface area contributed by atoms with Crippen LogP contribution in [-0.4, -0.2) is 36.6 Å². The van der Waals surface area contributed by atoms with Crippen molar-refractivity contribution in [3.63, 3.8) is 0 Å². The van der Waals surface area contributed by atoms with Crippen molar-refractivity contribution in [2.75, 3.05) is 25.5 Å². The molecule has 0 aliphatic carbocycles. The van der Waals surface area contributed by atoms with Gasteiger partial charge in [-0.15, -0.1) is 0 Å². The minimum Gasteiger partial charge on any atom is -0.492 e. The Morgan fingerprint density at radius 2 is 1.88 bits per heavy atom. The fraction of sp³-hybridized carbons (Fsp3) is 0.176. The average molecular weight is 359 g/mol. The van der Waals surface area contributed by atoms with Gasteiger partial charge in [-0.05, 0) is 18.2 Å². The fourth-order valence-electron chi connectivity index (χ4n) is 1.97. The summed E-state index contributed by atoms with van der Waals surface area (Å²) in [6.07, 6.45) is 0. The first-order valence-corrected chi connectivity index (χ1v) is 7.63. The fourth-order valence-corrected chi connectivity index (χ4v) is 1.97.